The molecule has 0 N–H and O–H groups in total. The van der Waals surface area contributed by atoms with Gasteiger partial charge in [0, 0.05) is 56.4 Å². The lowest BCUT2D eigenvalue weighted by Crippen LogP contribution is -2.00. The molecule has 1 aliphatic rings. The third kappa shape index (κ3) is 6.15. The topological polar surface area (TPSA) is 89.7 Å². The van der Waals surface area contributed by atoms with E-state index >= 15 is 0 Å². The van der Waals surface area contributed by atoms with E-state index in [1.807, 2.05) is 79.1 Å². The van der Waals surface area contributed by atoms with Crippen LogP contribution in [0.4, 0.5) is 5.69 Å². The van der Waals surface area contributed by atoms with Crippen molar-refractivity contribution in [3.8, 4) is 67.8 Å². The number of pyridine rings is 3. The van der Waals surface area contributed by atoms with Crippen molar-refractivity contribution >= 4 is 44.6 Å². The fourth-order valence-corrected chi connectivity index (χ4v) is 7.85. The predicted octanol–water partition coefficient (Wildman–Crippen LogP) is 12.2. The first-order valence-electron chi connectivity index (χ1n) is 19.4. The van der Waals surface area contributed by atoms with E-state index in [4.69, 9.17) is 34.9 Å². The Kier molecular flexibility index (Phi) is 8.14. The highest BCUT2D eigenvalue weighted by molar-refractivity contribution is 6.03. The molecular formula is C51H33N7. The first-order chi connectivity index (χ1) is 28.7. The molecule has 4 aromatic heterocycles. The number of benzene rings is 6. The van der Waals surface area contributed by atoms with Crippen molar-refractivity contribution in [2.75, 3.05) is 0 Å². The molecule has 0 fully saturated rings. The SMILES string of the molecule is C1=Nc2c(ccc3ccc(-c4cccc(-c5cc(-c6ccc7ccc8cccnc8c7n6)cc(-c6nc(-c7ccccc7)nc(-c7ccccc7)n6)c5)c4)nc23)CC1. The summed E-state index contributed by atoms with van der Waals surface area (Å²) in [5, 5.41) is 3.17. The summed E-state index contributed by atoms with van der Waals surface area (Å²) in [4.78, 5) is 35.2. The summed E-state index contributed by atoms with van der Waals surface area (Å²) >= 11 is 0. The van der Waals surface area contributed by atoms with Gasteiger partial charge in [0.25, 0.3) is 0 Å². The van der Waals surface area contributed by atoms with Gasteiger partial charge >= 0.3 is 0 Å². The van der Waals surface area contributed by atoms with Crippen LogP contribution >= 0.6 is 0 Å². The Hall–Kier alpha value is -7.77. The average molecular weight is 744 g/mol. The van der Waals surface area contributed by atoms with Crippen LogP contribution in [0.25, 0.3) is 101 Å². The molecular weight excluding hydrogens is 711 g/mol. The van der Waals surface area contributed by atoms with Crippen molar-refractivity contribution in [2.45, 2.75) is 12.8 Å². The average Bonchev–Trinajstić information content (AvgIpc) is 3.31. The number of aliphatic imine (C=N–C) groups is 1. The van der Waals surface area contributed by atoms with Gasteiger partial charge in [-0.05, 0) is 72.0 Å². The maximum Gasteiger partial charge on any atom is 0.164 e. The quantitative estimate of drug-likeness (QED) is 0.158. The highest BCUT2D eigenvalue weighted by Gasteiger charge is 2.17. The highest BCUT2D eigenvalue weighted by atomic mass is 15.0. The second-order valence-electron chi connectivity index (χ2n) is 14.5. The second-order valence-corrected chi connectivity index (χ2v) is 14.5. The lowest BCUT2D eigenvalue weighted by Gasteiger charge is -2.14. The summed E-state index contributed by atoms with van der Waals surface area (Å²) in [7, 11) is 0. The maximum absolute atomic E-state index is 5.27. The maximum atomic E-state index is 5.27. The smallest absolute Gasteiger partial charge is 0.164 e. The van der Waals surface area contributed by atoms with E-state index in [0.717, 1.165) is 102 Å². The van der Waals surface area contributed by atoms with Crippen LogP contribution < -0.4 is 0 Å². The van der Waals surface area contributed by atoms with Gasteiger partial charge in [-0.25, -0.2) is 24.9 Å². The largest absolute Gasteiger partial charge is 0.259 e. The highest BCUT2D eigenvalue weighted by Crippen LogP contribution is 2.37. The molecule has 0 amide bonds. The van der Waals surface area contributed by atoms with Gasteiger partial charge in [-0.3, -0.25) is 9.98 Å². The molecule has 1 aliphatic heterocycles. The standard InChI is InChI=1S/C51H33N7/c1-3-10-36(11-4-1)49-56-50(37-12-5-2-6-13-37)58-51(57-49)42-30-40(29-41(31-42)44-25-23-35-21-19-33-17-9-27-53-46(33)48(35)55-44)38-14-7-15-39(28-38)43-24-22-34-20-18-32-16-8-26-52-45(32)47(34)54-43/h1-7,9-15,17-31H,8,16H2. The molecule has 0 saturated heterocycles. The zero-order chi connectivity index (χ0) is 38.4. The van der Waals surface area contributed by atoms with Crippen LogP contribution in [0.1, 0.15) is 12.0 Å². The fraction of sp³-hybridized carbons (Fsp3) is 0.0392. The van der Waals surface area contributed by atoms with Gasteiger partial charge in [-0.15, -0.1) is 0 Å². The van der Waals surface area contributed by atoms with Crippen molar-refractivity contribution in [3.63, 3.8) is 0 Å². The number of rotatable bonds is 6. The molecule has 58 heavy (non-hydrogen) atoms. The van der Waals surface area contributed by atoms with E-state index in [1.54, 1.807) is 0 Å². The minimum atomic E-state index is 0.571. The molecule has 0 bridgehead atoms. The van der Waals surface area contributed by atoms with Gasteiger partial charge in [0.1, 0.15) is 0 Å². The molecule has 0 atom stereocenters. The first kappa shape index (κ1) is 33.6. The van der Waals surface area contributed by atoms with Crippen LogP contribution in [-0.2, 0) is 6.42 Å². The van der Waals surface area contributed by atoms with Gasteiger partial charge in [0.05, 0.1) is 33.6 Å². The molecule has 10 aromatic rings. The summed E-state index contributed by atoms with van der Waals surface area (Å²) in [6.45, 7) is 0. The monoisotopic (exact) mass is 743 g/mol. The molecule has 7 heteroatoms. The fourth-order valence-electron chi connectivity index (χ4n) is 7.85. The Morgan fingerprint density at radius 1 is 0.362 bits per heavy atom. The third-order valence-corrected chi connectivity index (χ3v) is 10.8. The first-order valence-corrected chi connectivity index (χ1v) is 19.4. The van der Waals surface area contributed by atoms with Crippen molar-refractivity contribution in [1.29, 1.82) is 0 Å². The van der Waals surface area contributed by atoms with E-state index in [-0.39, 0.29) is 0 Å². The third-order valence-electron chi connectivity index (χ3n) is 10.8. The van der Waals surface area contributed by atoms with Gasteiger partial charge < -0.3 is 0 Å². The summed E-state index contributed by atoms with van der Waals surface area (Å²) < 4.78 is 0. The Morgan fingerprint density at radius 2 is 0.914 bits per heavy atom. The zero-order valence-corrected chi connectivity index (χ0v) is 31.3. The van der Waals surface area contributed by atoms with Gasteiger partial charge in [0.15, 0.2) is 17.5 Å². The molecule has 0 radical (unpaired) electrons. The van der Waals surface area contributed by atoms with E-state index in [1.165, 1.54) is 5.56 Å². The van der Waals surface area contributed by atoms with Gasteiger partial charge in [0.2, 0.25) is 0 Å². The number of nitrogens with zero attached hydrogens (tertiary/aromatic N) is 7. The van der Waals surface area contributed by atoms with E-state index < -0.39 is 0 Å². The van der Waals surface area contributed by atoms with Crippen LogP contribution in [0.15, 0.2) is 175 Å². The van der Waals surface area contributed by atoms with Crippen molar-refractivity contribution in [1.82, 2.24) is 29.9 Å². The molecule has 6 aromatic carbocycles. The number of aromatic nitrogens is 6. The van der Waals surface area contributed by atoms with Crippen molar-refractivity contribution < 1.29 is 0 Å². The molecule has 0 aliphatic carbocycles. The molecule has 0 spiro atoms. The Morgan fingerprint density at radius 3 is 1.67 bits per heavy atom. The van der Waals surface area contributed by atoms with Crippen molar-refractivity contribution in [2.24, 2.45) is 4.99 Å². The Balaban J connectivity index is 1.11. The van der Waals surface area contributed by atoms with Crippen molar-refractivity contribution in [3.05, 3.63) is 176 Å². The molecule has 0 unspecified atom stereocenters. The normalized spacial score (nSPS) is 12.3. The van der Waals surface area contributed by atoms with Crippen LogP contribution in [0.5, 0.6) is 0 Å². The Labute approximate surface area is 334 Å². The number of aryl methyl sites for hydroxylation is 1. The molecule has 272 valence electrons. The number of hydrogen-bond acceptors (Lipinski definition) is 7. The van der Waals surface area contributed by atoms with Gasteiger partial charge in [-0.1, -0.05) is 121 Å². The van der Waals surface area contributed by atoms with Gasteiger partial charge in [-0.2, -0.15) is 0 Å². The molecule has 0 saturated carbocycles. The lowest BCUT2D eigenvalue weighted by atomic mass is 9.95. The number of fused-ring (bicyclic) bond motifs is 6. The number of hydrogen-bond donors (Lipinski definition) is 0. The van der Waals surface area contributed by atoms with E-state index in [9.17, 15) is 0 Å². The Bertz CT molecular complexity index is 3180. The zero-order valence-electron chi connectivity index (χ0n) is 31.3. The van der Waals surface area contributed by atoms with E-state index in [2.05, 4.69) is 97.1 Å². The summed E-state index contributed by atoms with van der Waals surface area (Å²) in [5.74, 6) is 1.78. The summed E-state index contributed by atoms with van der Waals surface area (Å²) in [6, 6.07) is 56.2. The second kappa shape index (κ2) is 14.1. The molecule has 7 nitrogen and oxygen atoms in total. The van der Waals surface area contributed by atoms with Crippen LogP contribution in [0.3, 0.4) is 0 Å². The molecule has 11 rings (SSSR count). The lowest BCUT2D eigenvalue weighted by molar-refractivity contribution is 1.03. The predicted molar refractivity (Wildman–Crippen MR) is 235 cm³/mol. The minimum absolute atomic E-state index is 0.571. The van der Waals surface area contributed by atoms with E-state index in [0.29, 0.717) is 17.5 Å². The van der Waals surface area contributed by atoms with Crippen LogP contribution in [0.2, 0.25) is 0 Å². The summed E-state index contributed by atoms with van der Waals surface area (Å²) in [5.41, 5.74) is 13.3. The summed E-state index contributed by atoms with van der Waals surface area (Å²) in [6.07, 6.45) is 5.76. The minimum Gasteiger partial charge on any atom is -0.259 e. The van der Waals surface area contributed by atoms with Crippen LogP contribution in [0, 0.1) is 0 Å². The molecule has 5 heterocycles. The van der Waals surface area contributed by atoms with Crippen LogP contribution in [-0.4, -0.2) is 36.1 Å².